The topological polar surface area (TPSA) is 62.1 Å². The third-order valence-electron chi connectivity index (χ3n) is 6.36. The summed E-state index contributed by atoms with van der Waals surface area (Å²) < 4.78 is 6.65. The fraction of sp³-hybridized carbons (Fsp3) is 0.444. The maximum atomic E-state index is 12.4. The van der Waals surface area contributed by atoms with Gasteiger partial charge >= 0.3 is 0 Å². The molecule has 1 aliphatic heterocycles. The van der Waals surface area contributed by atoms with E-state index in [1.165, 1.54) is 25.8 Å². The highest BCUT2D eigenvalue weighted by Crippen LogP contribution is 2.70. The fourth-order valence-electron chi connectivity index (χ4n) is 5.17. The van der Waals surface area contributed by atoms with Crippen molar-refractivity contribution >= 4 is 38.0 Å². The summed E-state index contributed by atoms with van der Waals surface area (Å²) >= 11 is 3.48. The number of nitrogens with zero attached hydrogens (tertiary/aromatic N) is 2. The molecule has 122 valence electrons. The van der Waals surface area contributed by atoms with Gasteiger partial charge in [-0.15, -0.1) is 0 Å². The van der Waals surface area contributed by atoms with Crippen LogP contribution < -0.4 is 5.56 Å². The average Bonchev–Trinajstić information content (AvgIpc) is 3.05. The molecule has 3 aromatic rings. The summed E-state index contributed by atoms with van der Waals surface area (Å²) in [6.45, 7) is 1.90. The number of aromatic nitrogens is 2. The Kier molecular flexibility index (Phi) is 2.44. The van der Waals surface area contributed by atoms with Gasteiger partial charge in [0.1, 0.15) is 16.9 Å². The van der Waals surface area contributed by atoms with Gasteiger partial charge in [0.25, 0.3) is 5.56 Å². The molecule has 0 radical (unpaired) electrons. The summed E-state index contributed by atoms with van der Waals surface area (Å²) in [5, 5.41) is 0.884. The molecule has 0 bridgehead atoms. The molecule has 0 amide bonds. The lowest BCUT2D eigenvalue weighted by atomic mass is 9.86. The second kappa shape index (κ2) is 4.29. The molecule has 6 rings (SSSR count). The second-order valence-corrected chi connectivity index (χ2v) is 8.48. The number of hydrogen-bond donors (Lipinski definition) is 1. The highest BCUT2D eigenvalue weighted by Gasteiger charge is 2.70. The van der Waals surface area contributed by atoms with Gasteiger partial charge in [0.15, 0.2) is 0 Å². The number of rotatable bonds is 2. The van der Waals surface area contributed by atoms with Crippen LogP contribution in [0, 0.1) is 11.3 Å². The predicted octanol–water partition coefficient (Wildman–Crippen LogP) is 3.42. The van der Waals surface area contributed by atoms with Crippen molar-refractivity contribution in [3.63, 3.8) is 0 Å². The molecular formula is C18H16BrN3O2. The van der Waals surface area contributed by atoms with E-state index in [1.54, 1.807) is 0 Å². The molecule has 3 unspecified atom stereocenters. The van der Waals surface area contributed by atoms with Crippen molar-refractivity contribution in [1.29, 1.82) is 0 Å². The van der Waals surface area contributed by atoms with Crippen LogP contribution in [-0.2, 0) is 6.54 Å². The maximum absolute atomic E-state index is 12.4. The number of hydrogen-bond acceptors (Lipinski definition) is 4. The number of fused-ring (bicyclic) bond motifs is 3. The van der Waals surface area contributed by atoms with Crippen molar-refractivity contribution in [1.82, 2.24) is 14.9 Å². The van der Waals surface area contributed by atoms with Crippen LogP contribution >= 0.6 is 15.9 Å². The van der Waals surface area contributed by atoms with Crippen molar-refractivity contribution in [3.05, 3.63) is 38.9 Å². The first kappa shape index (κ1) is 13.6. The van der Waals surface area contributed by atoms with Crippen LogP contribution in [0.3, 0.4) is 0 Å². The number of furan rings is 1. The number of benzene rings is 1. The number of aromatic amines is 1. The van der Waals surface area contributed by atoms with Crippen molar-refractivity contribution in [2.24, 2.45) is 11.3 Å². The number of H-pyrrole nitrogens is 1. The molecule has 3 heterocycles. The highest BCUT2D eigenvalue weighted by atomic mass is 79.9. The Bertz CT molecular complexity index is 1070. The van der Waals surface area contributed by atoms with Crippen molar-refractivity contribution in [2.45, 2.75) is 31.8 Å². The lowest BCUT2D eigenvalue weighted by Crippen LogP contribution is -2.56. The molecule has 24 heavy (non-hydrogen) atoms. The number of nitrogens with one attached hydrogen (secondary N) is 1. The van der Waals surface area contributed by atoms with Gasteiger partial charge < -0.3 is 9.40 Å². The lowest BCUT2D eigenvalue weighted by molar-refractivity contribution is -0.00380. The van der Waals surface area contributed by atoms with Gasteiger partial charge in [0.2, 0.25) is 5.58 Å². The largest absolute Gasteiger partial charge is 0.449 e. The van der Waals surface area contributed by atoms with Gasteiger partial charge in [0.05, 0.1) is 6.54 Å². The van der Waals surface area contributed by atoms with E-state index in [4.69, 9.17) is 9.40 Å². The van der Waals surface area contributed by atoms with E-state index < -0.39 is 0 Å². The summed E-state index contributed by atoms with van der Waals surface area (Å²) in [6, 6.07) is 6.44. The molecule has 2 saturated carbocycles. The van der Waals surface area contributed by atoms with E-state index in [9.17, 15) is 4.79 Å². The molecule has 6 heteroatoms. The van der Waals surface area contributed by atoms with Crippen LogP contribution in [0.1, 0.15) is 25.1 Å². The number of halogens is 1. The monoisotopic (exact) mass is 385 g/mol. The fourth-order valence-corrected chi connectivity index (χ4v) is 5.53. The summed E-state index contributed by atoms with van der Waals surface area (Å²) in [5.74, 6) is 1.72. The van der Waals surface area contributed by atoms with Gasteiger partial charge in [0, 0.05) is 27.9 Å². The Balaban J connectivity index is 1.42. The van der Waals surface area contributed by atoms with Crippen LogP contribution in [0.25, 0.3) is 22.1 Å². The Hall–Kier alpha value is -1.66. The molecular weight excluding hydrogens is 370 g/mol. The minimum atomic E-state index is -0.187. The van der Waals surface area contributed by atoms with Gasteiger partial charge in [-0.25, -0.2) is 4.98 Å². The number of likely N-dealkylation sites (tertiary alicyclic amines) is 1. The van der Waals surface area contributed by atoms with Crippen molar-refractivity contribution in [3.8, 4) is 0 Å². The molecule has 3 atom stereocenters. The molecule has 1 N–H and O–H groups in total. The van der Waals surface area contributed by atoms with Crippen LogP contribution in [-0.4, -0.2) is 27.5 Å². The zero-order valence-electron chi connectivity index (χ0n) is 13.0. The smallest absolute Gasteiger partial charge is 0.294 e. The molecule has 1 saturated heterocycles. The van der Waals surface area contributed by atoms with Gasteiger partial charge in [-0.05, 0) is 43.4 Å². The second-order valence-electron chi connectivity index (χ2n) is 7.57. The first-order chi connectivity index (χ1) is 11.6. The zero-order chi connectivity index (χ0) is 16.1. The van der Waals surface area contributed by atoms with E-state index >= 15 is 0 Å². The quantitative estimate of drug-likeness (QED) is 0.733. The first-order valence-electron chi connectivity index (χ1n) is 8.49. The molecule has 1 aromatic carbocycles. The summed E-state index contributed by atoms with van der Waals surface area (Å²) in [5.41, 5.74) is 2.12. The van der Waals surface area contributed by atoms with Gasteiger partial charge in [-0.2, -0.15) is 0 Å². The van der Waals surface area contributed by atoms with E-state index in [0.717, 1.165) is 28.1 Å². The van der Waals surface area contributed by atoms with Gasteiger partial charge in [-0.3, -0.25) is 9.69 Å². The predicted molar refractivity (Wildman–Crippen MR) is 93.8 cm³/mol. The highest BCUT2D eigenvalue weighted by molar-refractivity contribution is 9.10. The SMILES string of the molecule is O=c1[nH]c(CN2CC34CC3CCC24)nc2c1oc1ccc(Br)cc12. The molecule has 2 aromatic heterocycles. The zero-order valence-corrected chi connectivity index (χ0v) is 14.6. The third-order valence-corrected chi connectivity index (χ3v) is 6.85. The maximum Gasteiger partial charge on any atom is 0.294 e. The molecule has 1 spiro atoms. The van der Waals surface area contributed by atoms with Crippen LogP contribution in [0.2, 0.25) is 0 Å². The van der Waals surface area contributed by atoms with Crippen LogP contribution in [0.15, 0.2) is 31.9 Å². The Morgan fingerprint density at radius 1 is 1.42 bits per heavy atom. The third kappa shape index (κ3) is 1.63. The van der Waals surface area contributed by atoms with E-state index in [0.29, 0.717) is 28.1 Å². The Morgan fingerprint density at radius 2 is 2.33 bits per heavy atom. The minimum Gasteiger partial charge on any atom is -0.449 e. The molecule has 3 fully saturated rings. The summed E-state index contributed by atoms with van der Waals surface area (Å²) in [4.78, 5) is 22.5. The minimum absolute atomic E-state index is 0.187. The van der Waals surface area contributed by atoms with Crippen LogP contribution in [0.5, 0.6) is 0 Å². The first-order valence-corrected chi connectivity index (χ1v) is 9.28. The lowest BCUT2D eigenvalue weighted by Gasteiger charge is -2.47. The molecule has 2 aliphatic carbocycles. The Labute approximate surface area is 146 Å². The van der Waals surface area contributed by atoms with Gasteiger partial charge in [-0.1, -0.05) is 15.9 Å². The normalized spacial score (nSPS) is 31.2. The van der Waals surface area contributed by atoms with E-state index in [2.05, 4.69) is 25.8 Å². The van der Waals surface area contributed by atoms with E-state index in [1.807, 2.05) is 18.2 Å². The summed E-state index contributed by atoms with van der Waals surface area (Å²) in [7, 11) is 0. The van der Waals surface area contributed by atoms with Crippen molar-refractivity contribution in [2.75, 3.05) is 6.54 Å². The average molecular weight is 386 g/mol. The standard InChI is InChI=1S/C18H16BrN3O2/c19-10-2-3-12-11(5-10)15-16(24-12)17(23)21-14(20-15)7-22-8-18-6-9(18)1-4-13(18)22/h2-3,5,9,13H,1,4,6-8H2,(H,20,21,23). The molecule has 5 nitrogen and oxygen atoms in total. The summed E-state index contributed by atoms with van der Waals surface area (Å²) in [6.07, 6.45) is 4.10. The Morgan fingerprint density at radius 3 is 3.17 bits per heavy atom. The van der Waals surface area contributed by atoms with Crippen molar-refractivity contribution < 1.29 is 4.42 Å². The molecule has 3 aliphatic rings. The van der Waals surface area contributed by atoms with Crippen LogP contribution in [0.4, 0.5) is 0 Å². The van der Waals surface area contributed by atoms with E-state index in [-0.39, 0.29) is 5.56 Å².